The van der Waals surface area contributed by atoms with Crippen LogP contribution in [0.2, 0.25) is 0 Å². The van der Waals surface area contributed by atoms with Crippen LogP contribution in [0.1, 0.15) is 6.92 Å². The molecule has 0 amide bonds. The van der Waals surface area contributed by atoms with Gasteiger partial charge in [0.2, 0.25) is 9.84 Å². The number of non-ortho nitro benzene ring substituents is 1. The van der Waals surface area contributed by atoms with Crippen LogP contribution in [0.15, 0.2) is 57.6 Å². The fourth-order valence-corrected chi connectivity index (χ4v) is 3.41. The van der Waals surface area contributed by atoms with Gasteiger partial charge in [-0.25, -0.2) is 8.42 Å². The van der Waals surface area contributed by atoms with Crippen molar-refractivity contribution in [2.24, 2.45) is 10.2 Å². The van der Waals surface area contributed by atoms with Crippen LogP contribution in [0, 0.1) is 10.1 Å². The molecule has 2 aromatic carbocycles. The number of hydrogen-bond acceptors (Lipinski definition) is 8. The van der Waals surface area contributed by atoms with E-state index < -0.39 is 36.8 Å². The number of alkyl halides is 2. The third-order valence-corrected chi connectivity index (χ3v) is 5.54. The number of methoxy groups -OCH3 is 1. The Morgan fingerprint density at radius 3 is 2.37 bits per heavy atom. The largest absolute Gasteiger partial charge is 0.383 e. The summed E-state index contributed by atoms with van der Waals surface area (Å²) in [7, 11) is -3.50. The number of anilines is 1. The molecule has 0 spiro atoms. The third kappa shape index (κ3) is 5.54. The molecule has 0 N–H and O–H groups in total. The van der Waals surface area contributed by atoms with E-state index in [0.717, 1.165) is 24.4 Å². The maximum Gasteiger partial charge on any atom is 0.341 e. The molecule has 0 unspecified atom stereocenters. The Labute approximate surface area is 172 Å². The predicted molar refractivity (Wildman–Crippen MR) is 107 cm³/mol. The molecular weight excluding hydrogens is 422 g/mol. The standard InChI is InChI=1S/C18H20F2N4O5S/c1-3-23(10-11-29-2)14-6-4-13(5-7-14)21-22-16-9-8-15(24(25)26)12-17(16)30(27,28)18(19)20/h4-9,12,18H,3,10-11H2,1-2H3. The molecule has 0 heterocycles. The summed E-state index contributed by atoms with van der Waals surface area (Å²) in [5.41, 5.74) is 0.193. The number of nitro groups is 1. The summed E-state index contributed by atoms with van der Waals surface area (Å²) in [6, 6.07) is 9.29. The SMILES string of the molecule is CCN(CCOC)c1ccc(N=Nc2ccc([N+](=O)[O-])cc2S(=O)(=O)C(F)F)cc1. The van der Waals surface area contributed by atoms with Crippen LogP contribution in [0.3, 0.4) is 0 Å². The highest BCUT2D eigenvalue weighted by molar-refractivity contribution is 7.91. The Morgan fingerprint density at radius 1 is 1.17 bits per heavy atom. The maximum atomic E-state index is 13.0. The summed E-state index contributed by atoms with van der Waals surface area (Å²) in [6.45, 7) is 3.98. The second-order valence-corrected chi connectivity index (χ2v) is 7.89. The van der Waals surface area contributed by atoms with Gasteiger partial charge in [-0.3, -0.25) is 10.1 Å². The molecule has 9 nitrogen and oxygen atoms in total. The molecule has 2 rings (SSSR count). The van der Waals surface area contributed by atoms with Crippen LogP contribution in [-0.2, 0) is 14.6 Å². The van der Waals surface area contributed by atoms with Crippen molar-refractivity contribution in [1.29, 1.82) is 0 Å². The first-order valence-corrected chi connectivity index (χ1v) is 10.3. The van der Waals surface area contributed by atoms with E-state index in [9.17, 15) is 27.3 Å². The van der Waals surface area contributed by atoms with E-state index in [1.807, 2.05) is 6.92 Å². The van der Waals surface area contributed by atoms with Crippen molar-refractivity contribution in [2.75, 3.05) is 31.7 Å². The van der Waals surface area contributed by atoms with Gasteiger partial charge in [0.1, 0.15) is 10.6 Å². The van der Waals surface area contributed by atoms with Gasteiger partial charge in [-0.2, -0.15) is 13.9 Å². The van der Waals surface area contributed by atoms with Gasteiger partial charge in [-0.05, 0) is 37.3 Å². The molecule has 0 saturated heterocycles. The zero-order chi connectivity index (χ0) is 22.3. The van der Waals surface area contributed by atoms with E-state index >= 15 is 0 Å². The summed E-state index contributed by atoms with van der Waals surface area (Å²) >= 11 is 0. The van der Waals surface area contributed by atoms with Crippen LogP contribution in [0.25, 0.3) is 0 Å². The predicted octanol–water partition coefficient (Wildman–Crippen LogP) is 4.48. The molecule has 0 saturated carbocycles. The zero-order valence-electron chi connectivity index (χ0n) is 16.2. The molecule has 0 fully saturated rings. The Balaban J connectivity index is 2.34. The second kappa shape index (κ2) is 10.2. The molecule has 0 aromatic heterocycles. The highest BCUT2D eigenvalue weighted by Crippen LogP contribution is 2.33. The minimum absolute atomic E-state index is 0.347. The van der Waals surface area contributed by atoms with Crippen LogP contribution in [-0.4, -0.2) is 45.9 Å². The Morgan fingerprint density at radius 2 is 1.83 bits per heavy atom. The van der Waals surface area contributed by atoms with Gasteiger partial charge in [0.25, 0.3) is 5.69 Å². The molecule has 0 atom stereocenters. The third-order valence-electron chi connectivity index (χ3n) is 4.13. The van der Waals surface area contributed by atoms with Gasteiger partial charge in [0.05, 0.1) is 17.2 Å². The van der Waals surface area contributed by atoms with Crippen LogP contribution in [0.5, 0.6) is 0 Å². The van der Waals surface area contributed by atoms with Gasteiger partial charge in [0.15, 0.2) is 0 Å². The van der Waals surface area contributed by atoms with Crippen molar-refractivity contribution in [2.45, 2.75) is 17.6 Å². The lowest BCUT2D eigenvalue weighted by Crippen LogP contribution is -2.26. The quantitative estimate of drug-likeness (QED) is 0.304. The van der Waals surface area contributed by atoms with Crippen molar-refractivity contribution in [3.63, 3.8) is 0 Å². The molecule has 162 valence electrons. The lowest BCUT2D eigenvalue weighted by molar-refractivity contribution is -0.385. The second-order valence-electron chi connectivity index (χ2n) is 6.00. The van der Waals surface area contributed by atoms with E-state index in [1.165, 1.54) is 0 Å². The van der Waals surface area contributed by atoms with E-state index in [-0.39, 0.29) is 0 Å². The summed E-state index contributed by atoms with van der Waals surface area (Å²) in [4.78, 5) is 11.1. The lowest BCUT2D eigenvalue weighted by Gasteiger charge is -2.22. The van der Waals surface area contributed by atoms with Gasteiger partial charge >= 0.3 is 5.76 Å². The maximum absolute atomic E-state index is 13.0. The smallest absolute Gasteiger partial charge is 0.341 e. The molecule has 30 heavy (non-hydrogen) atoms. The van der Waals surface area contributed by atoms with Crippen molar-refractivity contribution in [3.8, 4) is 0 Å². The lowest BCUT2D eigenvalue weighted by atomic mass is 10.2. The Bertz CT molecular complexity index is 1010. The molecule has 12 heteroatoms. The number of azo groups is 1. The number of sulfone groups is 1. The van der Waals surface area contributed by atoms with E-state index in [1.54, 1.807) is 31.4 Å². The minimum atomic E-state index is -5.11. The highest BCUT2D eigenvalue weighted by atomic mass is 32.2. The molecule has 0 bridgehead atoms. The fraction of sp³-hybridized carbons (Fsp3) is 0.333. The van der Waals surface area contributed by atoms with Crippen LogP contribution >= 0.6 is 0 Å². The zero-order valence-corrected chi connectivity index (χ0v) is 17.1. The molecule has 2 aromatic rings. The first-order valence-electron chi connectivity index (χ1n) is 8.77. The molecule has 0 aliphatic rings. The molecule has 0 radical (unpaired) electrons. The molecule has 0 aliphatic heterocycles. The van der Waals surface area contributed by atoms with E-state index in [4.69, 9.17) is 4.74 Å². The topological polar surface area (TPSA) is 114 Å². The Hall–Kier alpha value is -2.99. The van der Waals surface area contributed by atoms with E-state index in [2.05, 4.69) is 15.1 Å². The van der Waals surface area contributed by atoms with Crippen molar-refractivity contribution in [1.82, 2.24) is 0 Å². The summed E-state index contributed by atoms with van der Waals surface area (Å²) in [6.07, 6.45) is 0. The van der Waals surface area contributed by atoms with Crippen LogP contribution < -0.4 is 4.90 Å². The summed E-state index contributed by atoms with van der Waals surface area (Å²) in [5.74, 6) is -3.75. The van der Waals surface area contributed by atoms with Crippen molar-refractivity contribution in [3.05, 3.63) is 52.6 Å². The number of halogens is 2. The monoisotopic (exact) mass is 442 g/mol. The van der Waals surface area contributed by atoms with Crippen molar-refractivity contribution >= 4 is 32.6 Å². The first kappa shape index (κ1) is 23.3. The minimum Gasteiger partial charge on any atom is -0.383 e. The van der Waals surface area contributed by atoms with Crippen LogP contribution in [0.4, 0.5) is 31.5 Å². The average Bonchev–Trinajstić information content (AvgIpc) is 2.73. The van der Waals surface area contributed by atoms with Gasteiger partial charge in [-0.1, -0.05) is 0 Å². The molecular formula is C18H20F2N4O5S. The van der Waals surface area contributed by atoms with Gasteiger partial charge < -0.3 is 9.64 Å². The number of ether oxygens (including phenoxy) is 1. The highest BCUT2D eigenvalue weighted by Gasteiger charge is 2.31. The number of rotatable bonds is 10. The van der Waals surface area contributed by atoms with Gasteiger partial charge in [0, 0.05) is 38.0 Å². The Kier molecular flexibility index (Phi) is 7.89. The number of benzene rings is 2. The number of hydrogen-bond donors (Lipinski definition) is 0. The van der Waals surface area contributed by atoms with E-state index in [0.29, 0.717) is 24.9 Å². The number of nitrogens with zero attached hydrogens (tertiary/aromatic N) is 4. The molecule has 0 aliphatic carbocycles. The van der Waals surface area contributed by atoms with Gasteiger partial charge in [-0.15, -0.1) is 5.11 Å². The summed E-state index contributed by atoms with van der Waals surface area (Å²) in [5, 5.41) is 18.5. The summed E-state index contributed by atoms with van der Waals surface area (Å²) < 4.78 is 54.8. The van der Waals surface area contributed by atoms with Crippen molar-refractivity contribution < 1.29 is 26.9 Å². The number of likely N-dealkylation sites (N-methyl/N-ethyl adjacent to an activating group) is 1. The number of nitro benzene ring substituents is 1. The normalized spacial score (nSPS) is 11.9. The average molecular weight is 442 g/mol. The first-order chi connectivity index (χ1) is 14.2. The fourth-order valence-electron chi connectivity index (χ4n) is 2.54.